The van der Waals surface area contributed by atoms with E-state index in [0.29, 0.717) is 0 Å². The number of hydrogen-bond acceptors (Lipinski definition) is 1. The van der Waals surface area contributed by atoms with Crippen LogP contribution in [-0.4, -0.2) is 19.7 Å². The summed E-state index contributed by atoms with van der Waals surface area (Å²) in [5, 5.41) is 2.82. The zero-order valence-electron chi connectivity index (χ0n) is 14.7. The summed E-state index contributed by atoms with van der Waals surface area (Å²) in [6.07, 6.45) is 1.03. The summed E-state index contributed by atoms with van der Waals surface area (Å²) in [5.74, 6) is 0. The maximum absolute atomic E-state index is 9.67. The van der Waals surface area contributed by atoms with Gasteiger partial charge >= 0.3 is 7.54 Å². The molecule has 2 rings (SSSR count). The summed E-state index contributed by atoms with van der Waals surface area (Å²) in [6.45, 7) is 6.67. The van der Waals surface area contributed by atoms with Crippen LogP contribution in [0, 0.1) is 5.41 Å². The van der Waals surface area contributed by atoms with Gasteiger partial charge in [-0.25, -0.2) is 0 Å². The number of rotatable bonds is 4. The standard InChI is InChI=1S/C18H24NP.BF3.FH/c1-18(2,3)17(19)14-20(15-10-6-4-7-11-15)16-12-8-5-9-13-16;2-1(3)4;/h4-13,17H,14,19H2,1-3H3;;1H/t17-;;/m1../s1. The predicted molar refractivity (Wildman–Crippen MR) is 103 cm³/mol. The predicted octanol–water partition coefficient (Wildman–Crippen LogP) is 4.53. The Morgan fingerprint density at radius 2 is 1.20 bits per heavy atom. The van der Waals surface area contributed by atoms with Crippen LogP contribution in [0.15, 0.2) is 60.7 Å². The number of halogens is 4. The minimum absolute atomic E-state index is 0. The molecular weight excluding hydrogens is 348 g/mol. The molecule has 2 N–H and O–H groups in total. The number of benzene rings is 2. The van der Waals surface area contributed by atoms with Crippen LogP contribution >= 0.6 is 7.92 Å². The van der Waals surface area contributed by atoms with Crippen LogP contribution in [0.25, 0.3) is 0 Å². The SMILES string of the molecule is CC(C)(C)[C@H](N)CP(c1ccccc1)c1ccccc1.F.FB(F)F. The molecule has 2 aromatic carbocycles. The van der Waals surface area contributed by atoms with Gasteiger partial charge in [-0.3, -0.25) is 17.7 Å². The highest BCUT2D eigenvalue weighted by atomic mass is 31.1. The van der Waals surface area contributed by atoms with Crippen molar-refractivity contribution in [3.63, 3.8) is 0 Å². The molecule has 7 heteroatoms. The third-order valence-electron chi connectivity index (χ3n) is 3.63. The highest BCUT2D eigenvalue weighted by Gasteiger charge is 2.25. The van der Waals surface area contributed by atoms with Crippen LogP contribution in [0.4, 0.5) is 17.7 Å². The van der Waals surface area contributed by atoms with Crippen molar-refractivity contribution in [2.75, 3.05) is 6.16 Å². The fourth-order valence-corrected chi connectivity index (χ4v) is 4.77. The fraction of sp³-hybridized carbons (Fsp3) is 0.333. The second-order valence-electron chi connectivity index (χ2n) is 6.50. The van der Waals surface area contributed by atoms with Gasteiger partial charge in [-0.2, -0.15) is 0 Å². The van der Waals surface area contributed by atoms with E-state index < -0.39 is 7.54 Å². The van der Waals surface area contributed by atoms with Gasteiger partial charge in [-0.15, -0.1) is 0 Å². The van der Waals surface area contributed by atoms with Crippen molar-refractivity contribution in [3.05, 3.63) is 60.7 Å². The molecule has 0 fully saturated rings. The summed E-state index contributed by atoms with van der Waals surface area (Å²) >= 11 is 0. The lowest BCUT2D eigenvalue weighted by molar-refractivity contribution is 0.343. The second-order valence-corrected chi connectivity index (χ2v) is 8.76. The second kappa shape index (κ2) is 11.3. The van der Waals surface area contributed by atoms with E-state index in [1.165, 1.54) is 10.6 Å². The Kier molecular flexibility index (Phi) is 10.6. The van der Waals surface area contributed by atoms with Gasteiger partial charge < -0.3 is 5.73 Å². The van der Waals surface area contributed by atoms with Crippen molar-refractivity contribution in [3.8, 4) is 0 Å². The highest BCUT2D eigenvalue weighted by Crippen LogP contribution is 2.37. The normalized spacial score (nSPS) is 11.8. The van der Waals surface area contributed by atoms with E-state index in [9.17, 15) is 12.9 Å². The minimum Gasteiger partial charge on any atom is -0.327 e. The molecule has 1 atom stereocenters. The Balaban J connectivity index is 0.00000104. The average molecular weight is 373 g/mol. The zero-order valence-corrected chi connectivity index (χ0v) is 15.6. The number of nitrogens with two attached hydrogens (primary N) is 1. The first-order valence-electron chi connectivity index (χ1n) is 7.77. The van der Waals surface area contributed by atoms with E-state index in [1.807, 2.05) is 0 Å². The Bertz CT molecular complexity index is 536. The Hall–Kier alpha value is -1.39. The molecule has 0 radical (unpaired) electrons. The first kappa shape index (κ1) is 23.6. The number of hydrogen-bond donors (Lipinski definition) is 1. The van der Waals surface area contributed by atoms with Crippen molar-refractivity contribution in [1.29, 1.82) is 0 Å². The molecule has 0 saturated heterocycles. The quantitative estimate of drug-likeness (QED) is 0.476. The first-order valence-corrected chi connectivity index (χ1v) is 9.30. The van der Waals surface area contributed by atoms with Crippen molar-refractivity contribution in [1.82, 2.24) is 0 Å². The van der Waals surface area contributed by atoms with E-state index in [-0.39, 0.29) is 24.1 Å². The smallest absolute Gasteiger partial charge is 0.327 e. The average Bonchev–Trinajstić information content (AvgIpc) is 2.52. The molecule has 0 spiro atoms. The first-order chi connectivity index (χ1) is 11.2. The van der Waals surface area contributed by atoms with Crippen LogP contribution in [0.5, 0.6) is 0 Å². The lowest BCUT2D eigenvalue weighted by atomic mass is 9.89. The van der Waals surface area contributed by atoms with Crippen LogP contribution in [-0.2, 0) is 0 Å². The van der Waals surface area contributed by atoms with Crippen LogP contribution < -0.4 is 16.3 Å². The van der Waals surface area contributed by atoms with Gasteiger partial charge in [0, 0.05) is 6.04 Å². The van der Waals surface area contributed by atoms with Crippen molar-refractivity contribution >= 4 is 26.1 Å². The van der Waals surface area contributed by atoms with Crippen LogP contribution in [0.2, 0.25) is 0 Å². The van der Waals surface area contributed by atoms with Crippen molar-refractivity contribution in [2.45, 2.75) is 26.8 Å². The zero-order chi connectivity index (χ0) is 18.2. The molecule has 0 aromatic heterocycles. The lowest BCUT2D eigenvalue weighted by Crippen LogP contribution is -2.39. The van der Waals surface area contributed by atoms with E-state index in [0.717, 1.165) is 6.16 Å². The van der Waals surface area contributed by atoms with Crippen LogP contribution in [0.1, 0.15) is 20.8 Å². The summed E-state index contributed by atoms with van der Waals surface area (Å²) in [5.41, 5.74) is 6.59. The third kappa shape index (κ3) is 9.03. The van der Waals surface area contributed by atoms with Gasteiger partial charge in [0.25, 0.3) is 0 Å². The molecule has 0 saturated carbocycles. The van der Waals surface area contributed by atoms with Crippen molar-refractivity contribution < 1.29 is 17.7 Å². The topological polar surface area (TPSA) is 26.0 Å². The molecule has 0 aliphatic rings. The molecular formula is C18H25BF4NP. The maximum atomic E-state index is 9.67. The lowest BCUT2D eigenvalue weighted by Gasteiger charge is -2.31. The van der Waals surface area contributed by atoms with E-state index in [4.69, 9.17) is 5.73 Å². The van der Waals surface area contributed by atoms with E-state index in [2.05, 4.69) is 81.4 Å². The molecule has 25 heavy (non-hydrogen) atoms. The van der Waals surface area contributed by atoms with Gasteiger partial charge in [0.2, 0.25) is 0 Å². The maximum Gasteiger partial charge on any atom is 0.762 e. The van der Waals surface area contributed by atoms with Gasteiger partial charge in [-0.05, 0) is 30.1 Å². The van der Waals surface area contributed by atoms with E-state index >= 15 is 0 Å². The Morgan fingerprint density at radius 3 is 1.48 bits per heavy atom. The largest absolute Gasteiger partial charge is 0.762 e. The summed E-state index contributed by atoms with van der Waals surface area (Å²) in [6, 6.07) is 21.8. The molecule has 0 heterocycles. The van der Waals surface area contributed by atoms with E-state index in [1.54, 1.807) is 0 Å². The summed E-state index contributed by atoms with van der Waals surface area (Å²) in [4.78, 5) is 0. The summed E-state index contributed by atoms with van der Waals surface area (Å²) < 4.78 is 29.0. The third-order valence-corrected chi connectivity index (χ3v) is 6.23. The molecule has 0 unspecified atom stereocenters. The molecule has 2 aromatic rings. The van der Waals surface area contributed by atoms with Gasteiger partial charge in [0.1, 0.15) is 0 Å². The Labute approximate surface area is 149 Å². The van der Waals surface area contributed by atoms with Gasteiger partial charge in [0.15, 0.2) is 0 Å². The molecule has 0 bridgehead atoms. The van der Waals surface area contributed by atoms with Gasteiger partial charge in [-0.1, -0.05) is 81.4 Å². The molecule has 0 aliphatic heterocycles. The van der Waals surface area contributed by atoms with Gasteiger partial charge in [0.05, 0.1) is 0 Å². The minimum atomic E-state index is -3.67. The van der Waals surface area contributed by atoms with Crippen molar-refractivity contribution in [2.24, 2.45) is 11.1 Å². The summed E-state index contributed by atoms with van der Waals surface area (Å²) in [7, 11) is -4.05. The monoisotopic (exact) mass is 373 g/mol. The highest BCUT2D eigenvalue weighted by molar-refractivity contribution is 7.73. The molecule has 1 nitrogen and oxygen atoms in total. The molecule has 0 amide bonds. The van der Waals surface area contributed by atoms with Crippen LogP contribution in [0.3, 0.4) is 0 Å². The Morgan fingerprint density at radius 1 is 0.880 bits per heavy atom. The fourth-order valence-electron chi connectivity index (χ4n) is 2.05. The molecule has 138 valence electrons. The molecule has 0 aliphatic carbocycles.